The maximum atomic E-state index is 10.4. The first-order chi connectivity index (χ1) is 8.67. The molecule has 2 rings (SSSR count). The van der Waals surface area contributed by atoms with E-state index in [1.807, 2.05) is 0 Å². The lowest BCUT2D eigenvalue weighted by Gasteiger charge is -2.13. The predicted octanol–water partition coefficient (Wildman–Crippen LogP) is 3.10. The molecule has 2 heterocycles. The van der Waals surface area contributed by atoms with Crippen LogP contribution in [-0.2, 0) is 6.54 Å². The second-order valence-electron chi connectivity index (χ2n) is 3.89. The van der Waals surface area contributed by atoms with E-state index in [1.54, 1.807) is 29.4 Å². The first-order valence-corrected chi connectivity index (χ1v) is 6.94. The fourth-order valence-electron chi connectivity index (χ4n) is 1.81. The molecule has 0 amide bonds. The Balaban J connectivity index is 2.38. The van der Waals surface area contributed by atoms with Crippen molar-refractivity contribution in [2.24, 2.45) is 0 Å². The summed E-state index contributed by atoms with van der Waals surface area (Å²) in [7, 11) is 1.57. The summed E-state index contributed by atoms with van der Waals surface area (Å²) in [6, 6.07) is 1.76. The molecule has 98 valence electrons. The number of hydrogen-bond donors (Lipinski definition) is 1. The molecule has 0 spiro atoms. The minimum atomic E-state index is -0.758. The molecule has 0 aromatic carbocycles. The molecule has 0 radical (unpaired) electrons. The van der Waals surface area contributed by atoms with Gasteiger partial charge in [0.1, 0.15) is 11.8 Å². The lowest BCUT2D eigenvalue weighted by atomic mass is 10.2. The van der Waals surface area contributed by atoms with Crippen LogP contribution in [0.15, 0.2) is 17.6 Å². The van der Waals surface area contributed by atoms with Crippen LogP contribution in [0.4, 0.5) is 0 Å². The standard InChI is InChI=1S/C12H15ClN2O2S/c1-3-4-15-11(9(17-2)6-14-15)12(16)10-5-8(13)7-18-10/h5-7,12,16H,3-4H2,1-2H3. The van der Waals surface area contributed by atoms with E-state index in [1.165, 1.54) is 11.3 Å². The lowest BCUT2D eigenvalue weighted by Crippen LogP contribution is -2.10. The van der Waals surface area contributed by atoms with Gasteiger partial charge >= 0.3 is 0 Å². The normalized spacial score (nSPS) is 12.7. The summed E-state index contributed by atoms with van der Waals surface area (Å²) < 4.78 is 7.02. The van der Waals surface area contributed by atoms with Gasteiger partial charge in [0.15, 0.2) is 5.75 Å². The fourth-order valence-corrected chi connectivity index (χ4v) is 2.88. The number of aliphatic hydroxyl groups is 1. The number of nitrogens with zero attached hydrogens (tertiary/aromatic N) is 2. The van der Waals surface area contributed by atoms with Crippen molar-refractivity contribution in [3.63, 3.8) is 0 Å². The molecule has 2 aromatic heterocycles. The minimum absolute atomic E-state index is 0.598. The van der Waals surface area contributed by atoms with E-state index >= 15 is 0 Å². The summed E-state index contributed by atoms with van der Waals surface area (Å²) in [5, 5.41) is 17.1. The largest absolute Gasteiger partial charge is 0.493 e. The van der Waals surface area contributed by atoms with Gasteiger partial charge in [0.2, 0.25) is 0 Å². The van der Waals surface area contributed by atoms with Crippen molar-refractivity contribution < 1.29 is 9.84 Å². The molecule has 0 bridgehead atoms. The smallest absolute Gasteiger partial charge is 0.163 e. The highest BCUT2D eigenvalue weighted by atomic mass is 35.5. The van der Waals surface area contributed by atoms with Crippen molar-refractivity contribution in [3.05, 3.63) is 33.2 Å². The van der Waals surface area contributed by atoms with Crippen LogP contribution in [-0.4, -0.2) is 22.0 Å². The highest BCUT2D eigenvalue weighted by molar-refractivity contribution is 7.10. The van der Waals surface area contributed by atoms with Crippen molar-refractivity contribution in [1.29, 1.82) is 0 Å². The van der Waals surface area contributed by atoms with Gasteiger partial charge in [-0.05, 0) is 12.5 Å². The Kier molecular flexibility index (Phi) is 4.27. The first kappa shape index (κ1) is 13.4. The molecule has 2 aromatic rings. The highest BCUT2D eigenvalue weighted by Crippen LogP contribution is 2.34. The molecule has 0 saturated heterocycles. The van der Waals surface area contributed by atoms with E-state index < -0.39 is 6.10 Å². The van der Waals surface area contributed by atoms with Crippen LogP contribution in [0, 0.1) is 0 Å². The van der Waals surface area contributed by atoms with Crippen LogP contribution in [0.5, 0.6) is 5.75 Å². The number of methoxy groups -OCH3 is 1. The summed E-state index contributed by atoms with van der Waals surface area (Å²) in [4.78, 5) is 0.788. The molecule has 1 atom stereocenters. The molecule has 0 aliphatic carbocycles. The number of aryl methyl sites for hydroxylation is 1. The Morgan fingerprint density at radius 1 is 1.61 bits per heavy atom. The summed E-state index contributed by atoms with van der Waals surface area (Å²) in [6.45, 7) is 2.81. The van der Waals surface area contributed by atoms with E-state index in [-0.39, 0.29) is 0 Å². The van der Waals surface area contributed by atoms with E-state index in [9.17, 15) is 5.11 Å². The van der Waals surface area contributed by atoms with Gasteiger partial charge in [-0.1, -0.05) is 18.5 Å². The average molecular weight is 287 g/mol. The monoisotopic (exact) mass is 286 g/mol. The third kappa shape index (κ3) is 2.53. The molecular weight excluding hydrogens is 272 g/mol. The SMILES string of the molecule is CCCn1ncc(OC)c1C(O)c1cc(Cl)cs1. The van der Waals surface area contributed by atoms with E-state index in [0.717, 1.165) is 17.8 Å². The Labute approximate surface area is 115 Å². The number of aliphatic hydroxyl groups excluding tert-OH is 1. The van der Waals surface area contributed by atoms with Crippen molar-refractivity contribution in [2.45, 2.75) is 26.0 Å². The molecular formula is C12H15ClN2O2S. The predicted molar refractivity (Wildman–Crippen MR) is 72.5 cm³/mol. The Hall–Kier alpha value is -1.04. The third-order valence-electron chi connectivity index (χ3n) is 2.62. The van der Waals surface area contributed by atoms with Crippen LogP contribution < -0.4 is 4.74 Å². The minimum Gasteiger partial charge on any atom is -0.493 e. The second kappa shape index (κ2) is 5.73. The summed E-state index contributed by atoms with van der Waals surface area (Å²) in [6.07, 6.45) is 1.81. The highest BCUT2D eigenvalue weighted by Gasteiger charge is 2.22. The third-order valence-corrected chi connectivity index (χ3v) is 3.95. The zero-order valence-electron chi connectivity index (χ0n) is 10.3. The van der Waals surface area contributed by atoms with Gasteiger partial charge in [-0.3, -0.25) is 4.68 Å². The number of aromatic nitrogens is 2. The Morgan fingerprint density at radius 3 is 2.94 bits per heavy atom. The topological polar surface area (TPSA) is 47.3 Å². The molecule has 0 saturated carbocycles. The van der Waals surface area contributed by atoms with Crippen LogP contribution >= 0.6 is 22.9 Å². The van der Waals surface area contributed by atoms with Crippen LogP contribution in [0.2, 0.25) is 5.02 Å². The van der Waals surface area contributed by atoms with Crippen LogP contribution in [0.1, 0.15) is 30.0 Å². The number of hydrogen-bond acceptors (Lipinski definition) is 4. The molecule has 0 aliphatic rings. The van der Waals surface area contributed by atoms with E-state index in [0.29, 0.717) is 16.5 Å². The number of halogens is 1. The molecule has 4 nitrogen and oxygen atoms in total. The number of thiophene rings is 1. The van der Waals surface area contributed by atoms with Gasteiger partial charge in [0.25, 0.3) is 0 Å². The maximum absolute atomic E-state index is 10.4. The molecule has 18 heavy (non-hydrogen) atoms. The Bertz CT molecular complexity index is 524. The maximum Gasteiger partial charge on any atom is 0.163 e. The summed E-state index contributed by atoms with van der Waals surface area (Å²) in [5.74, 6) is 0.598. The van der Waals surface area contributed by atoms with Gasteiger partial charge in [-0.15, -0.1) is 11.3 Å². The fraction of sp³-hybridized carbons (Fsp3) is 0.417. The summed E-state index contributed by atoms with van der Waals surface area (Å²) >= 11 is 7.31. The van der Waals surface area contributed by atoms with Crippen LogP contribution in [0.3, 0.4) is 0 Å². The number of ether oxygens (including phenoxy) is 1. The van der Waals surface area contributed by atoms with Crippen molar-refractivity contribution in [3.8, 4) is 5.75 Å². The van der Waals surface area contributed by atoms with Gasteiger partial charge in [0, 0.05) is 16.8 Å². The van der Waals surface area contributed by atoms with Crippen molar-refractivity contribution >= 4 is 22.9 Å². The average Bonchev–Trinajstić information content (AvgIpc) is 2.95. The van der Waals surface area contributed by atoms with Gasteiger partial charge < -0.3 is 9.84 Å². The molecule has 0 fully saturated rings. The van der Waals surface area contributed by atoms with Crippen molar-refractivity contribution in [2.75, 3.05) is 7.11 Å². The van der Waals surface area contributed by atoms with Gasteiger partial charge in [-0.25, -0.2) is 0 Å². The quantitative estimate of drug-likeness (QED) is 0.919. The molecule has 6 heteroatoms. The van der Waals surface area contributed by atoms with Crippen LogP contribution in [0.25, 0.3) is 0 Å². The lowest BCUT2D eigenvalue weighted by molar-refractivity contribution is 0.205. The second-order valence-corrected chi connectivity index (χ2v) is 5.27. The van der Waals surface area contributed by atoms with E-state index in [2.05, 4.69) is 12.0 Å². The van der Waals surface area contributed by atoms with E-state index in [4.69, 9.17) is 16.3 Å². The first-order valence-electron chi connectivity index (χ1n) is 5.69. The van der Waals surface area contributed by atoms with Gasteiger partial charge in [-0.2, -0.15) is 5.10 Å². The zero-order valence-corrected chi connectivity index (χ0v) is 11.8. The zero-order chi connectivity index (χ0) is 13.1. The molecule has 1 N–H and O–H groups in total. The molecule has 0 aliphatic heterocycles. The number of rotatable bonds is 5. The van der Waals surface area contributed by atoms with Gasteiger partial charge in [0.05, 0.1) is 18.3 Å². The Morgan fingerprint density at radius 2 is 2.39 bits per heavy atom. The summed E-state index contributed by atoms with van der Waals surface area (Å²) in [5.41, 5.74) is 0.679. The van der Waals surface area contributed by atoms with Crippen molar-refractivity contribution in [1.82, 2.24) is 9.78 Å². The molecule has 1 unspecified atom stereocenters.